The lowest BCUT2D eigenvalue weighted by Gasteiger charge is -2.17. The molecule has 37 heavy (non-hydrogen) atoms. The Morgan fingerprint density at radius 3 is 2.38 bits per heavy atom. The number of halogens is 9. The summed E-state index contributed by atoms with van der Waals surface area (Å²) in [5.41, 5.74) is -2.03. The van der Waals surface area contributed by atoms with E-state index in [9.17, 15) is 39.9 Å². The second-order valence-corrected chi connectivity index (χ2v) is 7.93. The highest BCUT2D eigenvalue weighted by Gasteiger charge is 2.34. The summed E-state index contributed by atoms with van der Waals surface area (Å²) in [4.78, 5) is 20.7. The third-order valence-electron chi connectivity index (χ3n) is 4.40. The van der Waals surface area contributed by atoms with Gasteiger partial charge in [-0.3, -0.25) is 4.79 Å². The number of amides is 1. The number of hydrogen-bond acceptors (Lipinski definition) is 6. The Bertz CT molecular complexity index is 1250. The molecule has 0 saturated carbocycles. The first-order chi connectivity index (χ1) is 17.1. The van der Waals surface area contributed by atoms with Gasteiger partial charge in [0.1, 0.15) is 11.5 Å². The van der Waals surface area contributed by atoms with Crippen LogP contribution in [0.1, 0.15) is 34.7 Å². The highest BCUT2D eigenvalue weighted by atomic mass is 79.9. The molecule has 2 heterocycles. The second kappa shape index (κ2) is 10.9. The zero-order valence-electron chi connectivity index (χ0n) is 18.2. The number of aromatic nitrogens is 4. The van der Waals surface area contributed by atoms with Gasteiger partial charge in [-0.2, -0.15) is 39.8 Å². The van der Waals surface area contributed by atoms with Crippen LogP contribution in [0.25, 0.3) is 5.82 Å². The Kier molecular flexibility index (Phi) is 8.24. The first-order valence-corrected chi connectivity index (χ1v) is 10.7. The fraction of sp³-hybridized carbons (Fsp3) is 0.300. The van der Waals surface area contributed by atoms with Gasteiger partial charge < -0.3 is 14.8 Å². The van der Waals surface area contributed by atoms with Crippen molar-refractivity contribution in [1.82, 2.24) is 25.1 Å². The third-order valence-corrected chi connectivity index (χ3v) is 4.74. The Morgan fingerprint density at radius 2 is 1.81 bits per heavy atom. The van der Waals surface area contributed by atoms with Gasteiger partial charge in [-0.1, -0.05) is 0 Å². The summed E-state index contributed by atoms with van der Waals surface area (Å²) in [5, 5.41) is 6.40. The predicted molar refractivity (Wildman–Crippen MR) is 112 cm³/mol. The topological polar surface area (TPSA) is 91.2 Å². The van der Waals surface area contributed by atoms with Crippen molar-refractivity contribution in [2.75, 3.05) is 6.61 Å². The zero-order chi connectivity index (χ0) is 27.5. The normalized spacial score (nSPS) is 12.9. The van der Waals surface area contributed by atoms with E-state index in [-0.39, 0.29) is 22.1 Å². The zero-order valence-corrected chi connectivity index (χ0v) is 19.8. The molecule has 1 atom stereocenters. The average Bonchev–Trinajstić information content (AvgIpc) is 3.18. The lowest BCUT2D eigenvalue weighted by Crippen LogP contribution is -2.29. The Hall–Kier alpha value is -3.50. The van der Waals surface area contributed by atoms with Gasteiger partial charge in [0.2, 0.25) is 4.73 Å². The molecule has 1 unspecified atom stereocenters. The maximum absolute atomic E-state index is 13.3. The van der Waals surface area contributed by atoms with Crippen LogP contribution in [0.5, 0.6) is 11.5 Å². The van der Waals surface area contributed by atoms with E-state index >= 15 is 0 Å². The van der Waals surface area contributed by atoms with Crippen LogP contribution in [0.2, 0.25) is 0 Å². The van der Waals surface area contributed by atoms with Crippen LogP contribution in [0.4, 0.5) is 35.1 Å². The minimum absolute atomic E-state index is 0.0239. The van der Waals surface area contributed by atoms with E-state index in [2.05, 4.69) is 45.8 Å². The van der Waals surface area contributed by atoms with Gasteiger partial charge in [0.15, 0.2) is 18.2 Å². The van der Waals surface area contributed by atoms with E-state index in [1.54, 1.807) is 0 Å². The highest BCUT2D eigenvalue weighted by molar-refractivity contribution is 9.10. The van der Waals surface area contributed by atoms with Crippen molar-refractivity contribution in [1.29, 1.82) is 0 Å². The maximum Gasteiger partial charge on any atom is 0.422 e. The number of nitrogens with zero attached hydrogens (tertiary/aromatic N) is 4. The molecule has 1 aromatic carbocycles. The first-order valence-electron chi connectivity index (χ1n) is 9.89. The van der Waals surface area contributed by atoms with E-state index in [0.717, 1.165) is 16.9 Å². The van der Waals surface area contributed by atoms with Crippen LogP contribution in [0.3, 0.4) is 0 Å². The molecule has 0 aliphatic heterocycles. The van der Waals surface area contributed by atoms with E-state index in [0.29, 0.717) is 12.1 Å². The van der Waals surface area contributed by atoms with Gasteiger partial charge in [0, 0.05) is 5.56 Å². The molecule has 17 heteroatoms. The fourth-order valence-electron chi connectivity index (χ4n) is 2.90. The molecular formula is C20H14BrF8N5O3. The molecular weight excluding hydrogens is 590 g/mol. The van der Waals surface area contributed by atoms with Crippen molar-refractivity contribution in [3.63, 3.8) is 0 Å². The van der Waals surface area contributed by atoms with Crippen molar-refractivity contribution in [3.8, 4) is 17.3 Å². The maximum atomic E-state index is 13.3. The number of rotatable bonds is 8. The summed E-state index contributed by atoms with van der Waals surface area (Å²) in [5.74, 6) is -2.05. The summed E-state index contributed by atoms with van der Waals surface area (Å²) in [6, 6.07) is 2.92. The lowest BCUT2D eigenvalue weighted by molar-refractivity contribution is -0.153. The Labute approximate surface area is 210 Å². The number of nitrogens with one attached hydrogen (secondary N) is 1. The van der Waals surface area contributed by atoms with Crippen molar-refractivity contribution >= 4 is 21.8 Å². The van der Waals surface area contributed by atoms with Gasteiger partial charge in [0.05, 0.1) is 17.8 Å². The monoisotopic (exact) mass is 603 g/mol. The number of pyridine rings is 1. The van der Waals surface area contributed by atoms with Crippen molar-refractivity contribution in [2.45, 2.75) is 31.9 Å². The molecule has 0 saturated heterocycles. The summed E-state index contributed by atoms with van der Waals surface area (Å²) in [6.45, 7) is -3.54. The van der Waals surface area contributed by atoms with Crippen molar-refractivity contribution < 1.29 is 49.4 Å². The standard InChI is InChI=1S/C20H14BrF8N5O3/c1-9(15-32-17(21)33-34(15)14-3-2-12(7-30-14)37-18(22)23)31-16(35)10-4-11(20(27,28)29)6-13(5-10)36-8-19(24,25)26/h2-7,9,18H,8H2,1H3,(H,31,35). The van der Waals surface area contributed by atoms with Crippen LogP contribution in [-0.2, 0) is 6.18 Å². The van der Waals surface area contributed by atoms with Crippen LogP contribution in [-0.4, -0.2) is 45.1 Å². The number of alkyl halides is 8. The summed E-state index contributed by atoms with van der Waals surface area (Å²) >= 11 is 3.04. The first kappa shape index (κ1) is 28.1. The molecule has 3 rings (SSSR count). The summed E-state index contributed by atoms with van der Waals surface area (Å²) < 4.78 is 112. The number of carbonyl (C=O) groups is 1. The largest absolute Gasteiger partial charge is 0.484 e. The summed E-state index contributed by atoms with van der Waals surface area (Å²) in [7, 11) is 0. The number of ether oxygens (including phenoxy) is 2. The van der Waals surface area contributed by atoms with Crippen LogP contribution >= 0.6 is 15.9 Å². The Balaban J connectivity index is 1.86. The van der Waals surface area contributed by atoms with Gasteiger partial charge in [0.25, 0.3) is 5.91 Å². The molecule has 0 aliphatic rings. The lowest BCUT2D eigenvalue weighted by atomic mass is 10.1. The van der Waals surface area contributed by atoms with E-state index < -0.39 is 54.4 Å². The third kappa shape index (κ3) is 7.74. The van der Waals surface area contributed by atoms with Gasteiger partial charge in [-0.25, -0.2) is 9.97 Å². The molecule has 0 radical (unpaired) electrons. The van der Waals surface area contributed by atoms with E-state index in [1.165, 1.54) is 19.1 Å². The molecule has 0 spiro atoms. The molecule has 8 nitrogen and oxygen atoms in total. The molecule has 1 N–H and O–H groups in total. The van der Waals surface area contributed by atoms with Gasteiger partial charge >= 0.3 is 19.0 Å². The summed E-state index contributed by atoms with van der Waals surface area (Å²) in [6.07, 6.45) is -8.81. The SMILES string of the molecule is CC(NC(=O)c1cc(OCC(F)(F)F)cc(C(F)(F)F)c1)c1nc(Br)nn1-c1ccc(OC(F)F)cn1. The van der Waals surface area contributed by atoms with Crippen molar-refractivity contribution in [2.24, 2.45) is 0 Å². The van der Waals surface area contributed by atoms with E-state index in [1.807, 2.05) is 0 Å². The molecule has 2 aromatic heterocycles. The molecule has 0 fully saturated rings. The van der Waals surface area contributed by atoms with Gasteiger partial charge in [-0.05, 0) is 53.2 Å². The number of hydrogen-bond donors (Lipinski definition) is 1. The van der Waals surface area contributed by atoms with Crippen LogP contribution in [0.15, 0.2) is 41.3 Å². The minimum atomic E-state index is -4.98. The highest BCUT2D eigenvalue weighted by Crippen LogP contribution is 2.33. The average molecular weight is 604 g/mol. The second-order valence-electron chi connectivity index (χ2n) is 7.22. The predicted octanol–water partition coefficient (Wildman–Crippen LogP) is 5.48. The van der Waals surface area contributed by atoms with E-state index in [4.69, 9.17) is 0 Å². The number of carbonyl (C=O) groups excluding carboxylic acids is 1. The fourth-order valence-corrected chi connectivity index (χ4v) is 3.24. The number of benzene rings is 1. The van der Waals surface area contributed by atoms with Gasteiger partial charge in [-0.15, -0.1) is 5.10 Å². The van der Waals surface area contributed by atoms with Crippen molar-refractivity contribution in [3.05, 3.63) is 58.2 Å². The molecule has 200 valence electrons. The smallest absolute Gasteiger partial charge is 0.422 e. The molecule has 0 bridgehead atoms. The minimum Gasteiger partial charge on any atom is -0.484 e. The molecule has 3 aromatic rings. The molecule has 0 aliphatic carbocycles. The van der Waals surface area contributed by atoms with Crippen LogP contribution in [0, 0.1) is 0 Å². The Morgan fingerprint density at radius 1 is 1.11 bits per heavy atom. The van der Waals surface area contributed by atoms with Crippen LogP contribution < -0.4 is 14.8 Å². The molecule has 1 amide bonds. The quantitative estimate of drug-likeness (QED) is 0.343.